The summed E-state index contributed by atoms with van der Waals surface area (Å²) in [6.45, 7) is 6.76. The van der Waals surface area contributed by atoms with Crippen LogP contribution in [0.2, 0.25) is 5.02 Å². The molecule has 0 spiro atoms. The largest absolute Gasteiger partial charge is 0.492 e. The van der Waals surface area contributed by atoms with Crippen LogP contribution in [-0.2, 0) is 0 Å². The number of aromatic nitrogens is 1. The van der Waals surface area contributed by atoms with E-state index in [0.717, 1.165) is 23.1 Å². The molecule has 0 radical (unpaired) electrons. The smallest absolute Gasteiger partial charge is 0.255 e. The van der Waals surface area contributed by atoms with Gasteiger partial charge in [0.2, 0.25) is 5.89 Å². The van der Waals surface area contributed by atoms with Gasteiger partial charge in [0.05, 0.1) is 11.6 Å². The normalized spacial score (nSPS) is 12.0. The number of fused-ring (bicyclic) bond motifs is 1. The highest BCUT2D eigenvalue weighted by atomic mass is 35.5. The third-order valence-electron chi connectivity index (χ3n) is 5.45. The van der Waals surface area contributed by atoms with Crippen LogP contribution >= 0.6 is 11.6 Å². The molecule has 3 aromatic carbocycles. The molecule has 0 saturated carbocycles. The third-order valence-corrected chi connectivity index (χ3v) is 5.75. The number of anilines is 1. The molecule has 164 valence electrons. The molecule has 4 aromatic rings. The molecule has 4 rings (SSSR count). The minimum atomic E-state index is -0.261. The highest BCUT2D eigenvalue weighted by molar-refractivity contribution is 6.32. The van der Waals surface area contributed by atoms with Gasteiger partial charge in [0.1, 0.15) is 11.3 Å². The molecule has 0 saturated heterocycles. The number of nitrogens with one attached hydrogen (secondary N) is 1. The molecule has 1 amide bonds. The van der Waals surface area contributed by atoms with E-state index in [2.05, 4.69) is 36.3 Å². The van der Waals surface area contributed by atoms with E-state index in [0.29, 0.717) is 40.4 Å². The van der Waals surface area contributed by atoms with Gasteiger partial charge in [-0.15, -0.1) is 0 Å². The van der Waals surface area contributed by atoms with Crippen LogP contribution < -0.4 is 10.1 Å². The summed E-state index contributed by atoms with van der Waals surface area (Å²) in [4.78, 5) is 17.4. The van der Waals surface area contributed by atoms with E-state index < -0.39 is 0 Å². The average molecular weight is 449 g/mol. The molecule has 0 aliphatic rings. The van der Waals surface area contributed by atoms with E-state index in [9.17, 15) is 4.79 Å². The van der Waals surface area contributed by atoms with Crippen molar-refractivity contribution in [3.8, 4) is 17.2 Å². The van der Waals surface area contributed by atoms with Gasteiger partial charge in [-0.25, -0.2) is 4.98 Å². The van der Waals surface area contributed by atoms with E-state index in [4.69, 9.17) is 20.8 Å². The Hall–Kier alpha value is -3.31. The third kappa shape index (κ3) is 4.63. The number of rotatable bonds is 7. The van der Waals surface area contributed by atoms with Crippen molar-refractivity contribution in [3.05, 3.63) is 76.8 Å². The Morgan fingerprint density at radius 2 is 1.97 bits per heavy atom. The lowest BCUT2D eigenvalue weighted by atomic mass is 9.98. The van der Waals surface area contributed by atoms with Crippen LogP contribution in [0, 0.1) is 0 Å². The molecule has 0 aliphatic carbocycles. The number of halogens is 1. The highest BCUT2D eigenvalue weighted by Gasteiger charge is 2.13. The fourth-order valence-corrected chi connectivity index (χ4v) is 3.69. The number of oxazole rings is 1. The fraction of sp³-hybridized carbons (Fsp3) is 0.231. The number of benzene rings is 3. The van der Waals surface area contributed by atoms with Gasteiger partial charge < -0.3 is 14.5 Å². The lowest BCUT2D eigenvalue weighted by Crippen LogP contribution is -2.12. The minimum Gasteiger partial charge on any atom is -0.492 e. The van der Waals surface area contributed by atoms with E-state index in [1.165, 1.54) is 5.56 Å². The number of hydrogen-bond donors (Lipinski definition) is 1. The van der Waals surface area contributed by atoms with Gasteiger partial charge in [0.25, 0.3) is 5.91 Å². The van der Waals surface area contributed by atoms with Gasteiger partial charge >= 0.3 is 0 Å². The molecule has 1 atom stereocenters. The van der Waals surface area contributed by atoms with Gasteiger partial charge in [-0.3, -0.25) is 4.79 Å². The quantitative estimate of drug-likeness (QED) is 0.322. The first-order chi connectivity index (χ1) is 15.5. The average Bonchev–Trinajstić information content (AvgIpc) is 3.23. The molecule has 0 unspecified atom stereocenters. The zero-order valence-corrected chi connectivity index (χ0v) is 19.1. The maximum absolute atomic E-state index is 12.7. The second-order valence-corrected chi connectivity index (χ2v) is 8.08. The Labute approximate surface area is 192 Å². The van der Waals surface area contributed by atoms with Crippen molar-refractivity contribution in [1.29, 1.82) is 0 Å². The molecule has 0 aliphatic heterocycles. The Morgan fingerprint density at radius 1 is 1.12 bits per heavy atom. The standard InChI is InChI=1S/C26H25ClN2O3/c1-4-16(3)17-9-12-24-22(15-17)29-26(32-24)19-7-6-8-20(13-19)28-25(30)18-10-11-23(31-5-2)21(27)14-18/h6-16H,4-5H2,1-3H3,(H,28,30)/t16-/m0/s1. The number of nitrogens with zero attached hydrogens (tertiary/aromatic N) is 1. The van der Waals surface area contributed by atoms with Gasteiger partial charge in [0.15, 0.2) is 5.58 Å². The predicted molar refractivity (Wildman–Crippen MR) is 129 cm³/mol. The van der Waals surface area contributed by atoms with E-state index >= 15 is 0 Å². The number of carbonyl (C=O) groups is 1. The van der Waals surface area contributed by atoms with Crippen molar-refractivity contribution in [1.82, 2.24) is 4.98 Å². The zero-order chi connectivity index (χ0) is 22.7. The molecular formula is C26H25ClN2O3. The Balaban J connectivity index is 1.56. The number of carbonyl (C=O) groups excluding carboxylic acids is 1. The van der Waals surface area contributed by atoms with Crippen molar-refractivity contribution in [2.75, 3.05) is 11.9 Å². The summed E-state index contributed by atoms with van der Waals surface area (Å²) in [5.74, 6) is 1.28. The summed E-state index contributed by atoms with van der Waals surface area (Å²) in [5.41, 5.74) is 4.69. The van der Waals surface area contributed by atoms with Crippen LogP contribution in [0.5, 0.6) is 5.75 Å². The van der Waals surface area contributed by atoms with Gasteiger partial charge in [0, 0.05) is 16.8 Å². The first-order valence-corrected chi connectivity index (χ1v) is 11.1. The zero-order valence-electron chi connectivity index (χ0n) is 18.3. The number of ether oxygens (including phenoxy) is 1. The topological polar surface area (TPSA) is 64.4 Å². The second kappa shape index (κ2) is 9.45. The summed E-state index contributed by atoms with van der Waals surface area (Å²) in [5, 5.41) is 3.30. The summed E-state index contributed by atoms with van der Waals surface area (Å²) in [7, 11) is 0. The van der Waals surface area contributed by atoms with Crippen molar-refractivity contribution in [2.45, 2.75) is 33.1 Å². The molecule has 1 aromatic heterocycles. The van der Waals surface area contributed by atoms with Crippen LogP contribution in [0.3, 0.4) is 0 Å². The lowest BCUT2D eigenvalue weighted by Gasteiger charge is -2.09. The van der Waals surface area contributed by atoms with E-state index in [1.807, 2.05) is 37.3 Å². The number of hydrogen-bond acceptors (Lipinski definition) is 4. The molecule has 0 bridgehead atoms. The molecule has 0 fully saturated rings. The molecule has 6 heteroatoms. The molecule has 32 heavy (non-hydrogen) atoms. The first kappa shape index (κ1) is 21.9. The molecule has 1 heterocycles. The van der Waals surface area contributed by atoms with Crippen molar-refractivity contribution >= 4 is 34.3 Å². The summed E-state index contributed by atoms with van der Waals surface area (Å²) in [6, 6.07) is 18.5. The van der Waals surface area contributed by atoms with Crippen LogP contribution in [0.1, 0.15) is 49.0 Å². The molecule has 1 N–H and O–H groups in total. The Kier molecular flexibility index (Phi) is 6.47. The van der Waals surface area contributed by atoms with Gasteiger partial charge in [-0.05, 0) is 73.4 Å². The fourth-order valence-electron chi connectivity index (χ4n) is 3.46. The van der Waals surface area contributed by atoms with Gasteiger partial charge in [-0.1, -0.05) is 37.6 Å². The number of amides is 1. The Bertz CT molecular complexity index is 1270. The maximum atomic E-state index is 12.7. The monoisotopic (exact) mass is 448 g/mol. The summed E-state index contributed by atoms with van der Waals surface area (Å²) < 4.78 is 11.4. The summed E-state index contributed by atoms with van der Waals surface area (Å²) >= 11 is 6.21. The van der Waals surface area contributed by atoms with Crippen molar-refractivity contribution in [3.63, 3.8) is 0 Å². The van der Waals surface area contributed by atoms with Crippen LogP contribution in [0.4, 0.5) is 5.69 Å². The lowest BCUT2D eigenvalue weighted by molar-refractivity contribution is 0.102. The van der Waals surface area contributed by atoms with Crippen LogP contribution in [0.15, 0.2) is 65.1 Å². The molecular weight excluding hydrogens is 424 g/mol. The van der Waals surface area contributed by atoms with Crippen molar-refractivity contribution < 1.29 is 13.9 Å². The van der Waals surface area contributed by atoms with Crippen molar-refractivity contribution in [2.24, 2.45) is 0 Å². The highest BCUT2D eigenvalue weighted by Crippen LogP contribution is 2.30. The SMILES string of the molecule is CCOc1ccc(C(=O)Nc2cccc(-c3nc4cc([C@@H](C)CC)ccc4o3)c2)cc1Cl. The first-order valence-electron chi connectivity index (χ1n) is 10.7. The van der Waals surface area contributed by atoms with E-state index in [1.54, 1.807) is 18.2 Å². The maximum Gasteiger partial charge on any atom is 0.255 e. The minimum absolute atomic E-state index is 0.261. The molecule has 5 nitrogen and oxygen atoms in total. The van der Waals surface area contributed by atoms with Gasteiger partial charge in [-0.2, -0.15) is 0 Å². The predicted octanol–water partition coefficient (Wildman–Crippen LogP) is 7.31. The second-order valence-electron chi connectivity index (χ2n) is 7.67. The summed E-state index contributed by atoms with van der Waals surface area (Å²) in [6.07, 6.45) is 1.07. The van der Waals surface area contributed by atoms with E-state index in [-0.39, 0.29) is 5.91 Å². The Morgan fingerprint density at radius 3 is 2.72 bits per heavy atom. The van der Waals surface area contributed by atoms with Crippen LogP contribution in [-0.4, -0.2) is 17.5 Å². The van der Waals surface area contributed by atoms with Crippen LogP contribution in [0.25, 0.3) is 22.6 Å².